The van der Waals surface area contributed by atoms with Crippen LogP contribution in [0, 0.1) is 11.3 Å². The van der Waals surface area contributed by atoms with Crippen LogP contribution in [-0.2, 0) is 57.2 Å². The third-order valence-electron chi connectivity index (χ3n) is 23.4. The molecule has 50 heteroatoms. The summed E-state index contributed by atoms with van der Waals surface area (Å²) in [5.41, 5.74) is 5.73. The highest BCUT2D eigenvalue weighted by atomic mass is 19.3. The average molecular weight is 2060 g/mol. The summed E-state index contributed by atoms with van der Waals surface area (Å²) >= 11 is 0. The van der Waals surface area contributed by atoms with Crippen LogP contribution >= 0.6 is 0 Å². The number of alkyl halides is 2. The van der Waals surface area contributed by atoms with Crippen molar-refractivity contribution in [2.75, 3.05) is 53.4 Å². The smallest absolute Gasteiger partial charge is 0.336 e. The molecule has 0 spiro atoms. The Labute approximate surface area is 850 Å². The van der Waals surface area contributed by atoms with Gasteiger partial charge in [-0.2, -0.15) is 4.99 Å². The van der Waals surface area contributed by atoms with Crippen molar-refractivity contribution in [1.82, 2.24) is 129 Å². The van der Waals surface area contributed by atoms with Crippen LogP contribution < -0.4 is 10.6 Å². The molecule has 3 amide bonds. The first-order chi connectivity index (χ1) is 72.4. The molecule has 19 rings (SSSR count). The molecule has 12 aromatic rings. The van der Waals surface area contributed by atoms with E-state index in [1.165, 1.54) is 13.2 Å². The third kappa shape index (κ3) is 28.8. The number of Topliss-reactive ketones (excluding diaryl/α,β-unsaturated/α-hetero) is 3. The monoisotopic (exact) mass is 2050 g/mol. The van der Waals surface area contributed by atoms with Crippen molar-refractivity contribution < 1.29 is 104 Å². The van der Waals surface area contributed by atoms with Gasteiger partial charge in [0.2, 0.25) is 0 Å². The second kappa shape index (κ2) is 51.1. The molecule has 0 aromatic carbocycles. The SMILES string of the molecule is CCOC(=O)C1=C(CC(=O)c2ccc(-n3ccnc3)nn2)CCC(F)(F)C1.CCOC(=O)C1=C(CC(=O)c2ccc(-n3ccnc3)nn2)CCOC1.CCOC(=O)C1=C(CC(=O)c2ccc(-n3ccnc3)nn2)COCC1.COC(=O)C1=C(NC(=O)c2ccc(-n3ccnc3)nn2)CC(C)(C)CC1.O=C(O)C1=C(NC(=O)c2ccc(-n3ccnc3)nn2)CCCC1.O=C1N=C(c2ccc(-n3ccnc3)nn2)N=C2C=C(F)C(F)=CC12. The molecule has 150 heavy (non-hydrogen) atoms. The first kappa shape index (κ1) is 108. The quantitative estimate of drug-likeness (QED) is 0.0177. The number of carboxylic acids is 1. The molecule has 1 atom stereocenters. The van der Waals surface area contributed by atoms with Crippen LogP contribution in [0.3, 0.4) is 0 Å². The number of nitrogens with one attached hydrogen (secondary N) is 2. The Kier molecular flexibility index (Phi) is 36.6. The molecule has 3 N–H and O–H groups in total. The predicted octanol–water partition coefficient (Wildman–Crippen LogP) is 11.0. The van der Waals surface area contributed by atoms with E-state index in [4.69, 9.17) is 28.4 Å². The summed E-state index contributed by atoms with van der Waals surface area (Å²) in [7, 11) is 1.34. The highest BCUT2D eigenvalue weighted by molar-refractivity contribution is 6.24. The molecular weight excluding hydrogens is 1960 g/mol. The number of esters is 4. The van der Waals surface area contributed by atoms with E-state index in [0.717, 1.165) is 37.0 Å². The maximum absolute atomic E-state index is 13.7. The lowest BCUT2D eigenvalue weighted by Gasteiger charge is -2.32. The number of halogens is 4. The van der Waals surface area contributed by atoms with E-state index in [9.17, 15) is 75.4 Å². The van der Waals surface area contributed by atoms with Gasteiger partial charge < -0.3 is 44.2 Å². The number of aliphatic imine (C=N–C) groups is 2. The zero-order valence-corrected chi connectivity index (χ0v) is 81.6. The Morgan fingerprint density at radius 1 is 0.420 bits per heavy atom. The minimum absolute atomic E-state index is 0.00288. The molecule has 46 nitrogen and oxygen atoms in total. The van der Waals surface area contributed by atoms with Crippen molar-refractivity contribution in [3.05, 3.63) is 299 Å². The lowest BCUT2D eigenvalue weighted by atomic mass is 9.76. The van der Waals surface area contributed by atoms with E-state index in [1.54, 1.807) is 227 Å². The van der Waals surface area contributed by atoms with Gasteiger partial charge in [0, 0.05) is 135 Å². The van der Waals surface area contributed by atoms with Crippen molar-refractivity contribution in [3.8, 4) is 34.9 Å². The van der Waals surface area contributed by atoms with Crippen molar-refractivity contribution in [2.24, 2.45) is 21.3 Å². The zero-order chi connectivity index (χ0) is 106. The minimum atomic E-state index is -2.97. The highest BCUT2D eigenvalue weighted by Crippen LogP contribution is 2.41. The van der Waals surface area contributed by atoms with Crippen LogP contribution in [0.5, 0.6) is 0 Å². The number of hydrogen-bond acceptors (Lipinski definition) is 36. The molecule has 1 unspecified atom stereocenters. The number of carboxylic acid groups (broad SMARTS) is 1. The lowest BCUT2D eigenvalue weighted by molar-refractivity contribution is -0.140. The van der Waals surface area contributed by atoms with Gasteiger partial charge in [0.15, 0.2) is 81.1 Å². The van der Waals surface area contributed by atoms with Crippen LogP contribution in [0.2, 0.25) is 0 Å². The Morgan fingerprint density at radius 3 is 1.25 bits per heavy atom. The minimum Gasteiger partial charge on any atom is -0.478 e. The molecule has 7 aliphatic rings. The Balaban J connectivity index is 0.000000142. The number of fused-ring (bicyclic) bond motifs is 1. The summed E-state index contributed by atoms with van der Waals surface area (Å²) in [6.07, 6.45) is 35.8. The largest absolute Gasteiger partial charge is 0.478 e. The maximum Gasteiger partial charge on any atom is 0.336 e. The molecule has 0 saturated heterocycles. The van der Waals surface area contributed by atoms with Gasteiger partial charge in [-0.25, -0.2) is 76.4 Å². The number of carbonyl (C=O) groups excluding carboxylic acids is 10. The molecule has 4 aliphatic carbocycles. The van der Waals surface area contributed by atoms with E-state index in [1.807, 2.05) is 0 Å². The predicted molar refractivity (Wildman–Crippen MR) is 518 cm³/mol. The van der Waals surface area contributed by atoms with E-state index in [2.05, 4.69) is 126 Å². The summed E-state index contributed by atoms with van der Waals surface area (Å²) in [6.45, 7) is 11.3. The van der Waals surface area contributed by atoms with E-state index >= 15 is 0 Å². The Morgan fingerprint density at radius 2 is 0.827 bits per heavy atom. The van der Waals surface area contributed by atoms with Crippen LogP contribution in [0.15, 0.2) is 275 Å². The molecule has 12 aromatic heterocycles. The van der Waals surface area contributed by atoms with Crippen molar-refractivity contribution in [2.45, 2.75) is 137 Å². The summed E-state index contributed by atoms with van der Waals surface area (Å²) < 4.78 is 94.6. The standard InChI is InChI=1S/C18H18F2N4O3.C18H21N5O3.2C17H18N4O4.C15H8F2N6O.C15H15N5O3/c1-2-27-17(26)13-10-18(19,20)6-5-12(13)9-15(25)14-3-4-16(23-22-14)24-8-7-21-11-24;1-18(2)7-6-12(17(25)26-3)14(10-18)20-16(24)13-4-5-15(22-21-13)23-9-8-19-11-23;1-2-25-17(23)13-5-8-24-10-12(13)9-15(22)14-3-4-16(20-19-14)21-7-6-18-11-21;1-2-25-17(23)13-10-24-8-5-12(13)9-15(22)14-3-4-16(20-19-14)21-7-6-18-11-21;16-9-5-8-12(6-10(9)17)19-14(20-15(8)24)11-1-2-13(22-21-11)23-4-3-18-7-23;21-14(17-11-4-2-1-3-10(11)15(22)23)12-5-6-13(19-18-12)20-8-7-16-9-20/h3-4,7-8,11H,2,5-6,9-10H2,1H3;4-5,8-9,11H,6-7,10H2,1-3H3,(H,20,24);2*3-4,6-7,11H,2,5,8-10H2,1H3;1-8H;5-9H,1-4H2,(H,17,21)(H,22,23). The van der Waals surface area contributed by atoms with Gasteiger partial charge in [-0.1, -0.05) is 19.4 Å². The summed E-state index contributed by atoms with van der Waals surface area (Å²) in [4.78, 5) is 165. The summed E-state index contributed by atoms with van der Waals surface area (Å²) in [5, 5.41) is 62.4. The number of allylic oxidation sites excluding steroid dienone is 6. The van der Waals surface area contributed by atoms with Gasteiger partial charge in [0.05, 0.1) is 75.8 Å². The van der Waals surface area contributed by atoms with Gasteiger partial charge in [-0.05, 0) is 180 Å². The molecule has 774 valence electrons. The van der Waals surface area contributed by atoms with Crippen LogP contribution in [0.4, 0.5) is 17.6 Å². The first-order valence-electron chi connectivity index (χ1n) is 47.0. The maximum atomic E-state index is 13.7. The van der Waals surface area contributed by atoms with Crippen LogP contribution in [0.25, 0.3) is 34.9 Å². The second-order valence-electron chi connectivity index (χ2n) is 34.3. The number of rotatable bonds is 28. The van der Waals surface area contributed by atoms with Crippen molar-refractivity contribution in [1.29, 1.82) is 0 Å². The molecule has 0 fully saturated rings. The van der Waals surface area contributed by atoms with Gasteiger partial charge in [0.1, 0.15) is 66.7 Å². The zero-order valence-electron chi connectivity index (χ0n) is 81.6. The van der Waals surface area contributed by atoms with E-state index in [-0.39, 0.29) is 138 Å². The summed E-state index contributed by atoms with van der Waals surface area (Å²) in [5.74, 6) is -8.12. The highest BCUT2D eigenvalue weighted by Gasteiger charge is 2.40. The molecular formula is C100H98F4N28O18. The molecule has 15 heterocycles. The number of ketones is 3. The Hall–Kier alpha value is -18.1. The van der Waals surface area contributed by atoms with Gasteiger partial charge in [0.25, 0.3) is 23.6 Å². The first-order valence-corrected chi connectivity index (χ1v) is 47.0. The molecule has 0 saturated carbocycles. The van der Waals surface area contributed by atoms with Crippen molar-refractivity contribution in [3.63, 3.8) is 0 Å². The number of amidine groups is 1. The number of aromatic nitrogens is 24. The number of amides is 3. The molecule has 0 bridgehead atoms. The topological polar surface area (TPSA) is 574 Å². The van der Waals surface area contributed by atoms with E-state index in [0.29, 0.717) is 133 Å². The summed E-state index contributed by atoms with van der Waals surface area (Å²) in [6, 6.07) is 19.4. The van der Waals surface area contributed by atoms with Gasteiger partial charge in [-0.3, -0.25) is 56.2 Å². The number of aliphatic carboxylic acids is 1. The fraction of sp³-hybridized carbons (Fsp3) is 0.310. The second-order valence-corrected chi connectivity index (χ2v) is 34.3. The number of ether oxygens (including phenoxy) is 6. The number of hydrogen-bond donors (Lipinski definition) is 3. The Bertz CT molecular complexity index is 7020. The number of imidazole rings is 6. The molecule has 3 aliphatic heterocycles. The van der Waals surface area contributed by atoms with Gasteiger partial charge in [-0.15, -0.1) is 61.2 Å². The number of nitrogens with zero attached hydrogens (tertiary/aromatic N) is 26. The van der Waals surface area contributed by atoms with Crippen LogP contribution in [0.1, 0.15) is 189 Å². The fourth-order valence-electron chi connectivity index (χ4n) is 15.7. The average Bonchev–Trinajstić information content (AvgIpc) is 1.11. The molecule has 0 radical (unpaired) electrons. The van der Waals surface area contributed by atoms with Crippen molar-refractivity contribution >= 4 is 76.5 Å². The van der Waals surface area contributed by atoms with E-state index < -0.39 is 77.9 Å². The normalized spacial score (nSPS) is 16.0. The lowest BCUT2D eigenvalue weighted by Crippen LogP contribution is -2.33. The van der Waals surface area contributed by atoms with Gasteiger partial charge >= 0.3 is 29.8 Å². The number of carbonyl (C=O) groups is 11. The number of methoxy groups -OCH3 is 1. The third-order valence-corrected chi connectivity index (χ3v) is 23.4. The fourth-order valence-corrected chi connectivity index (χ4v) is 15.7. The van der Waals surface area contributed by atoms with Crippen LogP contribution in [-0.4, -0.2) is 259 Å².